The first kappa shape index (κ1) is 16.2. The average Bonchev–Trinajstić information content (AvgIpc) is 2.50. The molecule has 0 saturated carbocycles. The van der Waals surface area contributed by atoms with Crippen molar-refractivity contribution in [2.45, 2.75) is 19.9 Å². The van der Waals surface area contributed by atoms with Crippen LogP contribution in [0, 0.1) is 17.3 Å². The molecule has 0 saturated heterocycles. The normalized spacial score (nSPS) is 18.4. The fourth-order valence-corrected chi connectivity index (χ4v) is 2.86. The van der Waals surface area contributed by atoms with Crippen molar-refractivity contribution in [2.24, 2.45) is 5.41 Å². The van der Waals surface area contributed by atoms with Gasteiger partial charge in [0.25, 0.3) is 0 Å². The number of hydrogen-bond donors (Lipinski definition) is 2. The van der Waals surface area contributed by atoms with Gasteiger partial charge in [0.15, 0.2) is 0 Å². The largest absolute Gasteiger partial charge is 0.493 e. The molecule has 1 unspecified atom stereocenters. The van der Waals surface area contributed by atoms with Gasteiger partial charge in [-0.2, -0.15) is 13.8 Å². The van der Waals surface area contributed by atoms with E-state index in [1.165, 1.54) is 6.07 Å². The van der Waals surface area contributed by atoms with Crippen molar-refractivity contribution < 1.29 is 23.4 Å². The Balaban J connectivity index is 2.04. The van der Waals surface area contributed by atoms with Crippen molar-refractivity contribution in [3.05, 3.63) is 47.8 Å². The number of nitrogens with one attached hydrogen (secondary N) is 1. The Morgan fingerprint density at radius 3 is 2.75 bits per heavy atom. The van der Waals surface area contributed by atoms with Crippen LogP contribution in [-0.4, -0.2) is 22.8 Å². The summed E-state index contributed by atoms with van der Waals surface area (Å²) in [6.07, 6.45) is -1.13. The average molecular weight is 334 g/mol. The Hall–Kier alpha value is -2.70. The first-order valence-electron chi connectivity index (χ1n) is 7.36. The highest BCUT2D eigenvalue weighted by Gasteiger charge is 2.38. The predicted octanol–water partition coefficient (Wildman–Crippen LogP) is 3.75. The third kappa shape index (κ3) is 2.89. The third-order valence-electron chi connectivity index (χ3n) is 4.10. The molecular weight excluding hydrogens is 318 g/mol. The zero-order valence-corrected chi connectivity index (χ0v) is 13.1. The lowest BCUT2D eigenvalue weighted by Gasteiger charge is -2.39. The van der Waals surface area contributed by atoms with E-state index >= 15 is 0 Å². The maximum atomic E-state index is 13.9. The number of rotatable bonds is 2. The second kappa shape index (κ2) is 5.74. The Morgan fingerprint density at radius 1 is 1.33 bits per heavy atom. The number of amides is 1. The van der Waals surface area contributed by atoms with Crippen molar-refractivity contribution in [1.29, 1.82) is 0 Å². The molecule has 1 aliphatic heterocycles. The van der Waals surface area contributed by atoms with Crippen LogP contribution < -0.4 is 10.1 Å². The molecular formula is C17H16F2N2O3. The molecule has 7 heteroatoms. The number of pyridine rings is 1. The van der Waals surface area contributed by atoms with Gasteiger partial charge in [0.05, 0.1) is 12.6 Å². The zero-order chi connectivity index (χ0) is 17.5. The van der Waals surface area contributed by atoms with E-state index in [9.17, 15) is 13.6 Å². The summed E-state index contributed by atoms with van der Waals surface area (Å²) in [5.41, 5.74) is 0.867. The van der Waals surface area contributed by atoms with Crippen molar-refractivity contribution >= 4 is 6.09 Å². The zero-order valence-electron chi connectivity index (χ0n) is 13.1. The van der Waals surface area contributed by atoms with Crippen LogP contribution in [0.4, 0.5) is 13.6 Å². The first-order chi connectivity index (χ1) is 11.3. The molecule has 5 nitrogen and oxygen atoms in total. The van der Waals surface area contributed by atoms with Crippen molar-refractivity contribution in [3.63, 3.8) is 0 Å². The van der Waals surface area contributed by atoms with E-state index in [0.29, 0.717) is 23.5 Å². The number of carboxylic acid groups (broad SMARTS) is 1. The maximum absolute atomic E-state index is 13.9. The summed E-state index contributed by atoms with van der Waals surface area (Å²) < 4.78 is 32.5. The van der Waals surface area contributed by atoms with Crippen LogP contribution in [0.1, 0.15) is 25.5 Å². The molecule has 1 aromatic heterocycles. The van der Waals surface area contributed by atoms with Gasteiger partial charge in [0.1, 0.15) is 5.75 Å². The third-order valence-corrected chi connectivity index (χ3v) is 4.10. The van der Waals surface area contributed by atoms with Crippen LogP contribution in [0.25, 0.3) is 11.1 Å². The van der Waals surface area contributed by atoms with Gasteiger partial charge in [-0.3, -0.25) is 0 Å². The van der Waals surface area contributed by atoms with Gasteiger partial charge in [0, 0.05) is 16.5 Å². The Morgan fingerprint density at radius 2 is 2.08 bits per heavy atom. The van der Waals surface area contributed by atoms with E-state index in [4.69, 9.17) is 9.84 Å². The number of halogens is 2. The molecule has 24 heavy (non-hydrogen) atoms. The molecule has 0 spiro atoms. The number of fused-ring (bicyclic) bond motifs is 1. The molecule has 0 bridgehead atoms. The summed E-state index contributed by atoms with van der Waals surface area (Å²) in [5, 5.41) is 11.6. The highest BCUT2D eigenvalue weighted by atomic mass is 19.1. The van der Waals surface area contributed by atoms with Gasteiger partial charge in [0.2, 0.25) is 11.9 Å². The van der Waals surface area contributed by atoms with Gasteiger partial charge < -0.3 is 15.2 Å². The number of ether oxygens (including phenoxy) is 1. The van der Waals surface area contributed by atoms with E-state index in [1.807, 2.05) is 13.8 Å². The lowest BCUT2D eigenvalue weighted by Crippen LogP contribution is -2.43. The van der Waals surface area contributed by atoms with Crippen LogP contribution in [0.5, 0.6) is 5.75 Å². The molecule has 3 rings (SSSR count). The maximum Gasteiger partial charge on any atom is 0.405 e. The smallest absolute Gasteiger partial charge is 0.405 e. The summed E-state index contributed by atoms with van der Waals surface area (Å²) in [4.78, 5) is 14.3. The van der Waals surface area contributed by atoms with Crippen molar-refractivity contribution in [3.8, 4) is 16.9 Å². The molecule has 2 heterocycles. The minimum Gasteiger partial charge on any atom is -0.493 e. The number of nitrogens with zero attached hydrogens (tertiary/aromatic N) is 1. The fraction of sp³-hybridized carbons (Fsp3) is 0.294. The minimum absolute atomic E-state index is 0.148. The second-order valence-corrected chi connectivity index (χ2v) is 6.38. The van der Waals surface area contributed by atoms with E-state index in [0.717, 1.165) is 6.07 Å². The van der Waals surface area contributed by atoms with Crippen LogP contribution in [-0.2, 0) is 0 Å². The summed E-state index contributed by atoms with van der Waals surface area (Å²) in [7, 11) is 0. The molecule has 2 aromatic rings. The summed E-state index contributed by atoms with van der Waals surface area (Å²) in [6.45, 7) is 4.10. The van der Waals surface area contributed by atoms with Crippen LogP contribution in [0.15, 0.2) is 30.3 Å². The number of carbonyl (C=O) groups is 1. The number of benzene rings is 1. The standard InChI is InChI=1S/C17H16F2N2O3/c1-17(2)8-24-12-7-9(10-5-6-13(18)20-15(10)19)3-4-11(12)14(17)21-16(22)23/h3-7,14,21H,8H2,1-2H3,(H,22,23). The summed E-state index contributed by atoms with van der Waals surface area (Å²) >= 11 is 0. The molecule has 2 N–H and O–H groups in total. The van der Waals surface area contributed by atoms with Crippen LogP contribution in [0.2, 0.25) is 0 Å². The highest BCUT2D eigenvalue weighted by molar-refractivity contribution is 5.68. The lowest BCUT2D eigenvalue weighted by molar-refractivity contribution is 0.0996. The highest BCUT2D eigenvalue weighted by Crippen LogP contribution is 2.44. The lowest BCUT2D eigenvalue weighted by atomic mass is 9.78. The fourth-order valence-electron chi connectivity index (χ4n) is 2.86. The topological polar surface area (TPSA) is 71.5 Å². The monoisotopic (exact) mass is 334 g/mol. The molecule has 0 aliphatic carbocycles. The molecule has 1 aliphatic rings. The Bertz CT molecular complexity index is 808. The van der Waals surface area contributed by atoms with Crippen LogP contribution >= 0.6 is 0 Å². The van der Waals surface area contributed by atoms with Gasteiger partial charge in [-0.05, 0) is 23.8 Å². The van der Waals surface area contributed by atoms with Gasteiger partial charge >= 0.3 is 6.09 Å². The van der Waals surface area contributed by atoms with Gasteiger partial charge in [-0.15, -0.1) is 0 Å². The quantitative estimate of drug-likeness (QED) is 0.821. The Labute approximate surface area is 137 Å². The molecule has 0 radical (unpaired) electrons. The van der Waals surface area contributed by atoms with Gasteiger partial charge in [-0.25, -0.2) is 4.79 Å². The SMILES string of the molecule is CC1(C)COc2cc(-c3ccc(F)nc3F)ccc2C1NC(=O)O. The van der Waals surface area contributed by atoms with E-state index < -0.39 is 29.4 Å². The van der Waals surface area contributed by atoms with Crippen molar-refractivity contribution in [1.82, 2.24) is 10.3 Å². The molecule has 0 fully saturated rings. The number of aromatic nitrogens is 1. The molecule has 1 amide bonds. The molecule has 1 atom stereocenters. The van der Waals surface area contributed by atoms with Gasteiger partial charge in [-0.1, -0.05) is 26.0 Å². The molecule has 126 valence electrons. The van der Waals surface area contributed by atoms with E-state index in [1.54, 1.807) is 18.2 Å². The molecule has 1 aromatic carbocycles. The van der Waals surface area contributed by atoms with E-state index in [-0.39, 0.29) is 5.56 Å². The second-order valence-electron chi connectivity index (χ2n) is 6.38. The predicted molar refractivity (Wildman–Crippen MR) is 82.8 cm³/mol. The number of hydrogen-bond acceptors (Lipinski definition) is 3. The van der Waals surface area contributed by atoms with E-state index in [2.05, 4.69) is 10.3 Å². The van der Waals surface area contributed by atoms with Crippen molar-refractivity contribution in [2.75, 3.05) is 6.61 Å². The summed E-state index contributed by atoms with van der Waals surface area (Å²) in [5.74, 6) is -1.33. The minimum atomic E-state index is -1.13. The summed E-state index contributed by atoms with van der Waals surface area (Å²) in [6, 6.07) is 6.87. The van der Waals surface area contributed by atoms with Crippen LogP contribution in [0.3, 0.4) is 0 Å². The first-order valence-corrected chi connectivity index (χ1v) is 7.36. The Kier molecular flexibility index (Phi) is 3.87.